The minimum absolute atomic E-state index is 0.245. The van der Waals surface area contributed by atoms with Crippen molar-refractivity contribution in [2.75, 3.05) is 0 Å². The predicted molar refractivity (Wildman–Crippen MR) is 75.1 cm³/mol. The van der Waals surface area contributed by atoms with E-state index in [1.807, 2.05) is 33.8 Å². The fourth-order valence-electron chi connectivity index (χ4n) is 1.68. The number of halogens is 1. The number of ether oxygens (including phenoxy) is 1. The molecule has 0 fully saturated rings. The molecule has 0 amide bonds. The van der Waals surface area contributed by atoms with Crippen LogP contribution < -0.4 is 0 Å². The van der Waals surface area contributed by atoms with E-state index in [0.29, 0.717) is 17.0 Å². The normalized spacial score (nSPS) is 10.9. The van der Waals surface area contributed by atoms with Crippen molar-refractivity contribution in [3.63, 3.8) is 0 Å². The van der Waals surface area contributed by atoms with Crippen molar-refractivity contribution >= 4 is 17.6 Å². The van der Waals surface area contributed by atoms with E-state index >= 15 is 0 Å². The number of rotatable bonds is 3. The molecule has 0 aliphatic carbocycles. The van der Waals surface area contributed by atoms with Crippen LogP contribution in [0.4, 0.5) is 0 Å². The zero-order valence-electron chi connectivity index (χ0n) is 11.7. The van der Waals surface area contributed by atoms with Gasteiger partial charge < -0.3 is 4.74 Å². The van der Waals surface area contributed by atoms with Gasteiger partial charge in [0, 0.05) is 11.4 Å². The molecule has 0 aliphatic rings. The van der Waals surface area contributed by atoms with E-state index in [-0.39, 0.29) is 12.4 Å². The summed E-state index contributed by atoms with van der Waals surface area (Å²) in [7, 11) is 0. The number of carbonyl (C=O) groups is 1. The first-order valence-corrected chi connectivity index (χ1v) is 6.51. The topological polar surface area (TPSA) is 50.1 Å². The average molecular weight is 280 g/mol. The molecule has 0 aliphatic heterocycles. The highest BCUT2D eigenvalue weighted by molar-refractivity contribution is 6.31. The standard InChI is InChI=1S/C15H18ClNO2/c1-10-7-11(13(16)8-12(10)9-17)5-6-14(18)19-15(2,3)4/h7-8H,5-6H2,1-4H3. The molecule has 0 atom stereocenters. The predicted octanol–water partition coefficient (Wildman–Crippen LogP) is 3.79. The second-order valence-electron chi connectivity index (χ2n) is 5.46. The first-order valence-electron chi connectivity index (χ1n) is 6.14. The Kier molecular flexibility index (Phi) is 4.97. The van der Waals surface area contributed by atoms with Crippen molar-refractivity contribution in [1.82, 2.24) is 0 Å². The molecule has 0 saturated heterocycles. The first-order chi connectivity index (χ1) is 8.73. The highest BCUT2D eigenvalue weighted by Gasteiger charge is 2.16. The third-order valence-corrected chi connectivity index (χ3v) is 2.88. The van der Waals surface area contributed by atoms with Crippen molar-refractivity contribution in [3.05, 3.63) is 33.8 Å². The molecule has 0 saturated carbocycles. The molecule has 19 heavy (non-hydrogen) atoms. The molecular weight excluding hydrogens is 262 g/mol. The van der Waals surface area contributed by atoms with Gasteiger partial charge in [-0.1, -0.05) is 17.7 Å². The third kappa shape index (κ3) is 4.92. The fraction of sp³-hybridized carbons (Fsp3) is 0.467. The Morgan fingerprint density at radius 2 is 2.05 bits per heavy atom. The Morgan fingerprint density at radius 3 is 2.58 bits per heavy atom. The van der Waals surface area contributed by atoms with Crippen LogP contribution in [-0.2, 0) is 16.0 Å². The van der Waals surface area contributed by atoms with Gasteiger partial charge in [-0.15, -0.1) is 0 Å². The molecule has 102 valence electrons. The molecule has 1 aromatic rings. The summed E-state index contributed by atoms with van der Waals surface area (Å²) in [4.78, 5) is 11.6. The maximum Gasteiger partial charge on any atom is 0.306 e. The molecule has 0 radical (unpaired) electrons. The molecule has 0 unspecified atom stereocenters. The van der Waals surface area contributed by atoms with Gasteiger partial charge in [0.2, 0.25) is 0 Å². The quantitative estimate of drug-likeness (QED) is 0.791. The maximum atomic E-state index is 11.6. The molecule has 4 heteroatoms. The van der Waals surface area contributed by atoms with Crippen LogP contribution in [0.3, 0.4) is 0 Å². The lowest BCUT2D eigenvalue weighted by atomic mass is 10.0. The fourth-order valence-corrected chi connectivity index (χ4v) is 1.94. The van der Waals surface area contributed by atoms with Crippen molar-refractivity contribution in [2.24, 2.45) is 0 Å². The Balaban J connectivity index is 2.72. The minimum Gasteiger partial charge on any atom is -0.460 e. The van der Waals surface area contributed by atoms with E-state index in [4.69, 9.17) is 21.6 Å². The van der Waals surface area contributed by atoms with E-state index in [2.05, 4.69) is 6.07 Å². The number of hydrogen-bond acceptors (Lipinski definition) is 3. The largest absolute Gasteiger partial charge is 0.460 e. The summed E-state index contributed by atoms with van der Waals surface area (Å²) < 4.78 is 5.24. The van der Waals surface area contributed by atoms with Crippen molar-refractivity contribution in [1.29, 1.82) is 5.26 Å². The molecule has 1 aromatic carbocycles. The van der Waals surface area contributed by atoms with Gasteiger partial charge in [-0.2, -0.15) is 5.26 Å². The van der Waals surface area contributed by atoms with Crippen LogP contribution in [0.2, 0.25) is 5.02 Å². The number of nitriles is 1. The summed E-state index contributed by atoms with van der Waals surface area (Å²) in [5, 5.41) is 9.42. The zero-order chi connectivity index (χ0) is 14.6. The molecule has 0 bridgehead atoms. The van der Waals surface area contributed by atoms with Crippen molar-refractivity contribution in [2.45, 2.75) is 46.1 Å². The highest BCUT2D eigenvalue weighted by atomic mass is 35.5. The van der Waals surface area contributed by atoms with Crippen LogP contribution in [0, 0.1) is 18.3 Å². The monoisotopic (exact) mass is 279 g/mol. The Hall–Kier alpha value is -1.53. The molecule has 0 N–H and O–H groups in total. The third-order valence-electron chi connectivity index (χ3n) is 2.53. The highest BCUT2D eigenvalue weighted by Crippen LogP contribution is 2.22. The lowest BCUT2D eigenvalue weighted by molar-refractivity contribution is -0.154. The molecule has 0 spiro atoms. The van der Waals surface area contributed by atoms with Crippen LogP contribution >= 0.6 is 11.6 Å². The van der Waals surface area contributed by atoms with E-state index in [1.54, 1.807) is 6.07 Å². The minimum atomic E-state index is -0.471. The summed E-state index contributed by atoms with van der Waals surface area (Å²) in [5.74, 6) is -0.245. The van der Waals surface area contributed by atoms with Gasteiger partial charge in [0.1, 0.15) is 5.60 Å². The number of hydrogen-bond donors (Lipinski definition) is 0. The summed E-state index contributed by atoms with van der Waals surface area (Å²) in [6.45, 7) is 7.36. The van der Waals surface area contributed by atoms with E-state index in [0.717, 1.165) is 11.1 Å². The van der Waals surface area contributed by atoms with Crippen LogP contribution in [-0.4, -0.2) is 11.6 Å². The van der Waals surface area contributed by atoms with E-state index in [1.165, 1.54) is 0 Å². The lowest BCUT2D eigenvalue weighted by Gasteiger charge is -2.19. The molecular formula is C15H18ClNO2. The zero-order valence-corrected chi connectivity index (χ0v) is 12.5. The SMILES string of the molecule is Cc1cc(CCC(=O)OC(C)(C)C)c(Cl)cc1C#N. The van der Waals surface area contributed by atoms with Gasteiger partial charge in [-0.3, -0.25) is 4.79 Å². The average Bonchev–Trinajstić information content (AvgIpc) is 2.27. The van der Waals surface area contributed by atoms with Crippen molar-refractivity contribution < 1.29 is 9.53 Å². The summed E-state index contributed by atoms with van der Waals surface area (Å²) in [5.41, 5.74) is 1.82. The Morgan fingerprint density at radius 1 is 1.42 bits per heavy atom. The first kappa shape index (κ1) is 15.5. The van der Waals surface area contributed by atoms with Gasteiger partial charge in [-0.05, 0) is 51.3 Å². The van der Waals surface area contributed by atoms with E-state index < -0.39 is 5.60 Å². The molecule has 0 heterocycles. The van der Waals surface area contributed by atoms with Gasteiger partial charge >= 0.3 is 5.97 Å². The van der Waals surface area contributed by atoms with Crippen LogP contribution in [0.1, 0.15) is 43.9 Å². The van der Waals surface area contributed by atoms with Crippen molar-refractivity contribution in [3.8, 4) is 6.07 Å². The van der Waals surface area contributed by atoms with Crippen LogP contribution in [0.15, 0.2) is 12.1 Å². The van der Waals surface area contributed by atoms with Gasteiger partial charge in [0.05, 0.1) is 11.6 Å². The molecule has 0 aromatic heterocycles. The molecule has 1 rings (SSSR count). The van der Waals surface area contributed by atoms with E-state index in [9.17, 15) is 4.79 Å². The van der Waals surface area contributed by atoms with Gasteiger partial charge in [-0.25, -0.2) is 0 Å². The number of benzene rings is 1. The second-order valence-corrected chi connectivity index (χ2v) is 5.86. The van der Waals surface area contributed by atoms with Gasteiger partial charge in [0.15, 0.2) is 0 Å². The maximum absolute atomic E-state index is 11.6. The number of carbonyl (C=O) groups excluding carboxylic acids is 1. The summed E-state index contributed by atoms with van der Waals surface area (Å²) in [6.07, 6.45) is 0.794. The smallest absolute Gasteiger partial charge is 0.306 e. The second kappa shape index (κ2) is 6.08. The molecule has 3 nitrogen and oxygen atoms in total. The van der Waals surface area contributed by atoms with Crippen LogP contribution in [0.25, 0.3) is 0 Å². The summed E-state index contributed by atoms with van der Waals surface area (Å²) >= 11 is 6.09. The number of nitrogens with zero attached hydrogens (tertiary/aromatic N) is 1. The summed E-state index contributed by atoms with van der Waals surface area (Å²) in [6, 6.07) is 5.58. The number of esters is 1. The van der Waals surface area contributed by atoms with Crippen LogP contribution in [0.5, 0.6) is 0 Å². The number of aryl methyl sites for hydroxylation is 2. The Bertz CT molecular complexity index is 524. The van der Waals surface area contributed by atoms with Gasteiger partial charge in [0.25, 0.3) is 0 Å². The lowest BCUT2D eigenvalue weighted by Crippen LogP contribution is -2.24. The Labute approximate surface area is 119 Å².